The molecule has 0 bridgehead atoms. The van der Waals surface area contributed by atoms with Crippen molar-refractivity contribution in [3.05, 3.63) is 59.3 Å². The molecule has 0 amide bonds. The van der Waals surface area contributed by atoms with Crippen LogP contribution in [0, 0.1) is 18.8 Å². The number of aromatic nitrogens is 4. The smallest absolute Gasteiger partial charge is 0.226 e. The van der Waals surface area contributed by atoms with E-state index in [1.54, 1.807) is 7.11 Å². The van der Waals surface area contributed by atoms with Crippen molar-refractivity contribution in [1.29, 1.82) is 0 Å². The third-order valence-corrected chi connectivity index (χ3v) is 7.45. The Labute approximate surface area is 196 Å². The molecule has 0 N–H and O–H groups in total. The molecule has 0 spiro atoms. The summed E-state index contributed by atoms with van der Waals surface area (Å²) in [5.41, 5.74) is 2.54. The second kappa shape index (κ2) is 8.93. The Balaban J connectivity index is 1.34. The summed E-state index contributed by atoms with van der Waals surface area (Å²) in [5.74, 6) is 4.78. The van der Waals surface area contributed by atoms with Gasteiger partial charge < -0.3 is 13.8 Å². The fourth-order valence-corrected chi connectivity index (χ4v) is 5.83. The molecular weight excluding hydrogens is 414 g/mol. The second-order valence-electron chi connectivity index (χ2n) is 10.3. The van der Waals surface area contributed by atoms with Gasteiger partial charge in [0.05, 0.1) is 19.1 Å². The third-order valence-electron chi connectivity index (χ3n) is 7.45. The van der Waals surface area contributed by atoms with Gasteiger partial charge in [0, 0.05) is 44.0 Å². The Morgan fingerprint density at radius 1 is 1.27 bits per heavy atom. The average Bonchev–Trinajstić information content (AvgIpc) is 3.53. The number of ether oxygens (including phenoxy) is 1. The summed E-state index contributed by atoms with van der Waals surface area (Å²) in [6, 6.07) is 6.58. The van der Waals surface area contributed by atoms with Crippen LogP contribution in [0.5, 0.6) is 5.75 Å². The zero-order valence-corrected chi connectivity index (χ0v) is 20.3. The van der Waals surface area contributed by atoms with E-state index in [0.717, 1.165) is 62.3 Å². The lowest BCUT2D eigenvalue weighted by atomic mass is 9.80. The molecule has 1 aliphatic heterocycles. The summed E-state index contributed by atoms with van der Waals surface area (Å²) in [7, 11) is 1.74. The minimum Gasteiger partial charge on any atom is -0.496 e. The monoisotopic (exact) mass is 449 g/mol. The first kappa shape index (κ1) is 22.1. The lowest BCUT2D eigenvalue weighted by molar-refractivity contribution is 0.285. The van der Waals surface area contributed by atoms with Crippen molar-refractivity contribution in [1.82, 2.24) is 24.6 Å². The van der Waals surface area contributed by atoms with Gasteiger partial charge in [0.15, 0.2) is 5.82 Å². The Bertz CT molecular complexity index is 1100. The Morgan fingerprint density at radius 3 is 2.91 bits per heavy atom. The van der Waals surface area contributed by atoms with Crippen LogP contribution in [-0.2, 0) is 24.9 Å². The first-order valence-corrected chi connectivity index (χ1v) is 12.2. The molecule has 2 aromatic heterocycles. The van der Waals surface area contributed by atoms with Gasteiger partial charge in [0.1, 0.15) is 11.6 Å². The van der Waals surface area contributed by atoms with E-state index in [2.05, 4.69) is 51.7 Å². The van der Waals surface area contributed by atoms with E-state index in [1.807, 2.05) is 19.3 Å². The van der Waals surface area contributed by atoms with Crippen molar-refractivity contribution >= 4 is 0 Å². The zero-order valence-electron chi connectivity index (χ0n) is 20.3. The molecule has 176 valence electrons. The molecule has 3 heterocycles. The maximum Gasteiger partial charge on any atom is 0.226 e. The van der Waals surface area contributed by atoms with Crippen LogP contribution in [0.15, 0.2) is 35.1 Å². The molecule has 2 fully saturated rings. The summed E-state index contributed by atoms with van der Waals surface area (Å²) in [6.45, 7) is 10.2. The van der Waals surface area contributed by atoms with Crippen molar-refractivity contribution in [3.8, 4) is 5.75 Å². The number of hydrogen-bond acceptors (Lipinski definition) is 6. The maximum atomic E-state index is 5.65. The molecule has 1 saturated heterocycles. The normalized spacial score (nSPS) is 22.9. The molecular formula is C26H35N5O2. The number of benzene rings is 1. The van der Waals surface area contributed by atoms with Gasteiger partial charge in [0.2, 0.25) is 5.89 Å². The standard InChI is InChI=1S/C26H35N5O2/c1-18(2)12-24-28-25(29-33-24)26-9-5-6-22(26)16-30(17-26)14-20-7-8-23(32-4)21(13-20)15-31-11-10-27-19(31)3/h7-8,10-11,13,18,22H,5-6,9,12,14-17H2,1-4H3/t22-,26-/m1/s1. The SMILES string of the molecule is COc1ccc(CN2C[C@H]3CCC[C@@]3(c3noc(CC(C)C)n3)C2)cc1Cn1ccnc1C. The highest BCUT2D eigenvalue weighted by molar-refractivity contribution is 5.38. The summed E-state index contributed by atoms with van der Waals surface area (Å²) < 4.78 is 13.4. The molecule has 0 unspecified atom stereocenters. The van der Waals surface area contributed by atoms with E-state index in [9.17, 15) is 0 Å². The van der Waals surface area contributed by atoms with Crippen LogP contribution in [0.1, 0.15) is 61.8 Å². The van der Waals surface area contributed by atoms with E-state index in [4.69, 9.17) is 14.2 Å². The largest absolute Gasteiger partial charge is 0.496 e. The average molecular weight is 450 g/mol. The number of likely N-dealkylation sites (tertiary alicyclic amines) is 1. The van der Waals surface area contributed by atoms with Crippen LogP contribution < -0.4 is 4.74 Å². The summed E-state index contributed by atoms with van der Waals surface area (Å²) in [6.07, 6.45) is 8.37. The van der Waals surface area contributed by atoms with E-state index in [-0.39, 0.29) is 5.41 Å². The molecule has 5 rings (SSSR count). The lowest BCUT2D eigenvalue weighted by Gasteiger charge is -2.25. The zero-order chi connectivity index (χ0) is 23.0. The van der Waals surface area contributed by atoms with Crippen molar-refractivity contribution in [2.45, 2.75) is 65.0 Å². The van der Waals surface area contributed by atoms with E-state index in [1.165, 1.54) is 24.0 Å². The number of rotatable bonds is 8. The van der Waals surface area contributed by atoms with Gasteiger partial charge in [0.25, 0.3) is 0 Å². The van der Waals surface area contributed by atoms with Crippen LogP contribution in [0.3, 0.4) is 0 Å². The minimum absolute atomic E-state index is 0.0436. The van der Waals surface area contributed by atoms with Crippen LogP contribution in [-0.4, -0.2) is 44.8 Å². The van der Waals surface area contributed by atoms with E-state index in [0.29, 0.717) is 11.8 Å². The Morgan fingerprint density at radius 2 is 2.15 bits per heavy atom. The molecule has 33 heavy (non-hydrogen) atoms. The topological polar surface area (TPSA) is 69.2 Å². The van der Waals surface area contributed by atoms with Crippen LogP contribution in [0.2, 0.25) is 0 Å². The number of nitrogens with zero attached hydrogens (tertiary/aromatic N) is 5. The fraction of sp³-hybridized carbons (Fsp3) is 0.577. The predicted molar refractivity (Wildman–Crippen MR) is 126 cm³/mol. The number of fused-ring (bicyclic) bond motifs is 1. The summed E-state index contributed by atoms with van der Waals surface area (Å²) >= 11 is 0. The fourth-order valence-electron chi connectivity index (χ4n) is 5.83. The lowest BCUT2D eigenvalue weighted by Crippen LogP contribution is -2.33. The van der Waals surface area contributed by atoms with Gasteiger partial charge in [-0.3, -0.25) is 4.90 Å². The molecule has 2 aliphatic rings. The third kappa shape index (κ3) is 4.31. The van der Waals surface area contributed by atoms with Crippen molar-refractivity contribution in [2.75, 3.05) is 20.2 Å². The number of hydrogen-bond donors (Lipinski definition) is 0. The highest BCUT2D eigenvalue weighted by atomic mass is 16.5. The second-order valence-corrected chi connectivity index (χ2v) is 10.3. The summed E-state index contributed by atoms with van der Waals surface area (Å²) in [4.78, 5) is 11.8. The highest BCUT2D eigenvalue weighted by Crippen LogP contribution is 2.49. The minimum atomic E-state index is 0.0436. The molecule has 7 nitrogen and oxygen atoms in total. The van der Waals surface area contributed by atoms with Crippen LogP contribution in [0.25, 0.3) is 0 Å². The van der Waals surface area contributed by atoms with Gasteiger partial charge in [-0.05, 0) is 49.3 Å². The first-order valence-electron chi connectivity index (χ1n) is 12.2. The predicted octanol–water partition coefficient (Wildman–Crippen LogP) is 4.38. The molecule has 0 radical (unpaired) electrons. The first-order chi connectivity index (χ1) is 16.0. The molecule has 1 aliphatic carbocycles. The number of imidazole rings is 1. The maximum absolute atomic E-state index is 5.65. The van der Waals surface area contributed by atoms with Crippen molar-refractivity contribution in [3.63, 3.8) is 0 Å². The van der Waals surface area contributed by atoms with Gasteiger partial charge in [-0.1, -0.05) is 31.5 Å². The van der Waals surface area contributed by atoms with Gasteiger partial charge in [-0.25, -0.2) is 4.98 Å². The van der Waals surface area contributed by atoms with Crippen LogP contribution in [0.4, 0.5) is 0 Å². The van der Waals surface area contributed by atoms with Crippen molar-refractivity contribution < 1.29 is 9.26 Å². The molecule has 2 atom stereocenters. The van der Waals surface area contributed by atoms with Gasteiger partial charge >= 0.3 is 0 Å². The molecule has 1 saturated carbocycles. The quantitative estimate of drug-likeness (QED) is 0.508. The molecule has 1 aromatic carbocycles. The Hall–Kier alpha value is -2.67. The van der Waals surface area contributed by atoms with E-state index < -0.39 is 0 Å². The Kier molecular flexibility index (Phi) is 5.99. The van der Waals surface area contributed by atoms with Crippen molar-refractivity contribution in [2.24, 2.45) is 11.8 Å². The van der Waals surface area contributed by atoms with Crippen LogP contribution >= 0.6 is 0 Å². The number of methoxy groups -OCH3 is 1. The van der Waals surface area contributed by atoms with E-state index >= 15 is 0 Å². The molecule has 7 heteroatoms. The number of aryl methyl sites for hydroxylation is 1. The molecule has 3 aromatic rings. The highest BCUT2D eigenvalue weighted by Gasteiger charge is 2.53. The van der Waals surface area contributed by atoms with Gasteiger partial charge in [-0.15, -0.1) is 0 Å². The summed E-state index contributed by atoms with van der Waals surface area (Å²) in [5, 5.41) is 4.47. The van der Waals surface area contributed by atoms with Gasteiger partial charge in [-0.2, -0.15) is 4.98 Å².